The van der Waals surface area contributed by atoms with Gasteiger partial charge >= 0.3 is 5.97 Å². The Bertz CT molecular complexity index is 257. The summed E-state index contributed by atoms with van der Waals surface area (Å²) < 4.78 is 5.31. The van der Waals surface area contributed by atoms with Crippen LogP contribution >= 0.6 is 0 Å². The topological polar surface area (TPSA) is 67.8 Å². The van der Waals surface area contributed by atoms with Crippen LogP contribution in [0.4, 0.5) is 0 Å². The fraction of sp³-hybridized carbons (Fsp3) is 0.727. The van der Waals surface area contributed by atoms with Crippen molar-refractivity contribution in [2.24, 2.45) is 5.92 Å². The van der Waals surface area contributed by atoms with Gasteiger partial charge in [0.25, 0.3) is 0 Å². The van der Waals surface area contributed by atoms with Crippen LogP contribution in [0, 0.1) is 5.92 Å². The van der Waals surface area contributed by atoms with Crippen LogP contribution in [-0.4, -0.2) is 24.0 Å². The number of ether oxygens (including phenoxy) is 1. The van der Waals surface area contributed by atoms with E-state index in [4.69, 9.17) is 14.7 Å². The second-order valence-corrected chi connectivity index (χ2v) is 4.15. The summed E-state index contributed by atoms with van der Waals surface area (Å²) in [5.41, 5.74) is 2.52. The Morgan fingerprint density at radius 1 is 1.56 bits per heavy atom. The van der Waals surface area contributed by atoms with Crippen LogP contribution in [0.3, 0.4) is 0 Å². The normalized spacial score (nSPS) is 22.2. The molecule has 1 fully saturated rings. The first-order valence-corrected chi connectivity index (χ1v) is 5.58. The van der Waals surface area contributed by atoms with Crippen molar-refractivity contribution in [1.29, 1.82) is 0 Å². The van der Waals surface area contributed by atoms with Gasteiger partial charge in [-0.25, -0.2) is 9.63 Å². The van der Waals surface area contributed by atoms with Crippen molar-refractivity contribution < 1.29 is 19.5 Å². The summed E-state index contributed by atoms with van der Waals surface area (Å²) in [6.07, 6.45) is 4.13. The van der Waals surface area contributed by atoms with Gasteiger partial charge in [-0.3, -0.25) is 5.48 Å². The van der Waals surface area contributed by atoms with E-state index in [1.807, 2.05) is 13.8 Å². The number of nitrogens with one attached hydrogen (secondary N) is 1. The maximum atomic E-state index is 10.9. The van der Waals surface area contributed by atoms with Gasteiger partial charge in [0.05, 0.1) is 0 Å². The number of allylic oxidation sites excluding steroid dienone is 1. The van der Waals surface area contributed by atoms with Crippen molar-refractivity contribution in [2.75, 3.05) is 6.61 Å². The lowest BCUT2D eigenvalue weighted by molar-refractivity contribution is -0.191. The molecule has 1 saturated heterocycles. The molecule has 1 atom stereocenters. The van der Waals surface area contributed by atoms with E-state index in [-0.39, 0.29) is 17.9 Å². The fourth-order valence-corrected chi connectivity index (χ4v) is 1.42. The van der Waals surface area contributed by atoms with E-state index in [9.17, 15) is 4.79 Å². The Balaban J connectivity index is 2.40. The van der Waals surface area contributed by atoms with Crippen LogP contribution in [-0.2, 0) is 14.4 Å². The molecule has 1 aliphatic rings. The lowest BCUT2D eigenvalue weighted by Crippen LogP contribution is -2.31. The number of carboxylic acids is 1. The summed E-state index contributed by atoms with van der Waals surface area (Å²) in [6, 6.07) is 0. The molecule has 2 N–H and O–H groups in total. The van der Waals surface area contributed by atoms with E-state index in [0.717, 1.165) is 19.3 Å². The number of carboxylic acid groups (broad SMARTS) is 1. The van der Waals surface area contributed by atoms with Gasteiger partial charge in [0.15, 0.2) is 6.29 Å². The second kappa shape index (κ2) is 6.50. The largest absolute Gasteiger partial charge is 0.477 e. The molecule has 5 heteroatoms. The zero-order valence-corrected chi connectivity index (χ0v) is 9.73. The molecule has 5 nitrogen and oxygen atoms in total. The van der Waals surface area contributed by atoms with E-state index >= 15 is 0 Å². The maximum Gasteiger partial charge on any atom is 0.353 e. The van der Waals surface area contributed by atoms with Crippen LogP contribution in [0.1, 0.15) is 33.1 Å². The van der Waals surface area contributed by atoms with Crippen LogP contribution in [0.15, 0.2) is 11.8 Å². The highest BCUT2D eigenvalue weighted by Gasteiger charge is 2.16. The molecule has 0 aromatic heterocycles. The molecule has 0 aliphatic carbocycles. The van der Waals surface area contributed by atoms with Gasteiger partial charge in [-0.05, 0) is 24.8 Å². The lowest BCUT2D eigenvalue weighted by Gasteiger charge is -2.22. The summed E-state index contributed by atoms with van der Waals surface area (Å²) in [5, 5.41) is 8.90. The molecule has 1 unspecified atom stereocenters. The summed E-state index contributed by atoms with van der Waals surface area (Å²) in [7, 11) is 0. The van der Waals surface area contributed by atoms with Crippen LogP contribution in [0.2, 0.25) is 0 Å². The van der Waals surface area contributed by atoms with E-state index in [0.29, 0.717) is 6.61 Å². The van der Waals surface area contributed by atoms with Gasteiger partial charge in [0.2, 0.25) is 0 Å². The molecule has 1 rings (SSSR count). The number of hydrogen-bond acceptors (Lipinski definition) is 4. The second-order valence-electron chi connectivity index (χ2n) is 4.15. The Morgan fingerprint density at radius 3 is 2.81 bits per heavy atom. The quantitative estimate of drug-likeness (QED) is 0.554. The standard InChI is InChI=1S/C11H19NO4/c1-8(2)7-9(11(13)14)12-16-10-5-3-4-6-15-10/h7-8,10,12H,3-6H2,1-2H3,(H,13,14). The molecule has 92 valence electrons. The van der Waals surface area contributed by atoms with Gasteiger partial charge in [-0.1, -0.05) is 13.8 Å². The zero-order valence-electron chi connectivity index (χ0n) is 9.73. The van der Waals surface area contributed by atoms with Crippen LogP contribution in [0.25, 0.3) is 0 Å². The number of carbonyl (C=O) groups is 1. The first kappa shape index (κ1) is 13.0. The molecule has 0 aromatic carbocycles. The first-order chi connectivity index (χ1) is 7.59. The van der Waals surface area contributed by atoms with E-state index in [2.05, 4.69) is 5.48 Å². The molecule has 0 amide bonds. The van der Waals surface area contributed by atoms with Crippen LogP contribution in [0.5, 0.6) is 0 Å². The number of hydrogen-bond donors (Lipinski definition) is 2. The zero-order chi connectivity index (χ0) is 12.0. The first-order valence-electron chi connectivity index (χ1n) is 5.58. The van der Waals surface area contributed by atoms with Gasteiger partial charge in [-0.15, -0.1) is 0 Å². The number of hydroxylamine groups is 1. The maximum absolute atomic E-state index is 10.9. The Morgan fingerprint density at radius 2 is 2.31 bits per heavy atom. The third-order valence-electron chi connectivity index (χ3n) is 2.17. The minimum absolute atomic E-state index is 0.0594. The highest BCUT2D eigenvalue weighted by atomic mass is 16.8. The molecular weight excluding hydrogens is 210 g/mol. The SMILES string of the molecule is CC(C)C=C(NOC1CCCCO1)C(=O)O. The fourth-order valence-electron chi connectivity index (χ4n) is 1.42. The minimum atomic E-state index is -1.02. The molecule has 0 saturated carbocycles. The van der Waals surface area contributed by atoms with Gasteiger partial charge < -0.3 is 9.84 Å². The minimum Gasteiger partial charge on any atom is -0.477 e. The van der Waals surface area contributed by atoms with Crippen molar-refractivity contribution in [2.45, 2.75) is 39.4 Å². The summed E-state index contributed by atoms with van der Waals surface area (Å²) in [4.78, 5) is 16.0. The molecule has 0 radical (unpaired) electrons. The highest BCUT2D eigenvalue weighted by molar-refractivity contribution is 5.85. The molecule has 0 aromatic rings. The number of rotatable bonds is 5. The molecular formula is C11H19NO4. The third-order valence-corrected chi connectivity index (χ3v) is 2.17. The van der Waals surface area contributed by atoms with Crippen molar-refractivity contribution in [3.8, 4) is 0 Å². The van der Waals surface area contributed by atoms with E-state index in [1.54, 1.807) is 6.08 Å². The van der Waals surface area contributed by atoms with Crippen molar-refractivity contribution in [3.05, 3.63) is 11.8 Å². The lowest BCUT2D eigenvalue weighted by atomic mass is 10.2. The molecule has 1 heterocycles. The Kier molecular flexibility index (Phi) is 5.28. The highest BCUT2D eigenvalue weighted by Crippen LogP contribution is 2.13. The molecule has 16 heavy (non-hydrogen) atoms. The predicted molar refractivity (Wildman–Crippen MR) is 58.4 cm³/mol. The predicted octanol–water partition coefficient (Wildman–Crippen LogP) is 1.66. The van der Waals surface area contributed by atoms with Crippen molar-refractivity contribution >= 4 is 5.97 Å². The Labute approximate surface area is 95.4 Å². The summed E-state index contributed by atoms with van der Waals surface area (Å²) >= 11 is 0. The van der Waals surface area contributed by atoms with Gasteiger partial charge in [0.1, 0.15) is 5.70 Å². The third kappa shape index (κ3) is 4.63. The smallest absolute Gasteiger partial charge is 0.353 e. The molecule has 0 bridgehead atoms. The summed E-state index contributed by atoms with van der Waals surface area (Å²) in [5.74, 6) is -0.876. The summed E-state index contributed by atoms with van der Waals surface area (Å²) in [6.45, 7) is 4.48. The van der Waals surface area contributed by atoms with E-state index < -0.39 is 5.97 Å². The van der Waals surface area contributed by atoms with E-state index in [1.165, 1.54) is 0 Å². The Hall–Kier alpha value is -1.07. The number of aliphatic carboxylic acids is 1. The average molecular weight is 229 g/mol. The van der Waals surface area contributed by atoms with Gasteiger partial charge in [-0.2, -0.15) is 0 Å². The van der Waals surface area contributed by atoms with Crippen LogP contribution < -0.4 is 5.48 Å². The van der Waals surface area contributed by atoms with Crippen molar-refractivity contribution in [1.82, 2.24) is 5.48 Å². The average Bonchev–Trinajstić information content (AvgIpc) is 2.25. The van der Waals surface area contributed by atoms with Crippen molar-refractivity contribution in [3.63, 3.8) is 0 Å². The molecule has 1 aliphatic heterocycles. The van der Waals surface area contributed by atoms with Gasteiger partial charge in [0, 0.05) is 13.0 Å². The monoisotopic (exact) mass is 229 g/mol. The molecule has 0 spiro atoms.